The number of rotatable bonds is 3. The van der Waals surface area contributed by atoms with Gasteiger partial charge >= 0.3 is 0 Å². The molecule has 6 aromatic carbocycles. The minimum absolute atomic E-state index is 0.490. The Morgan fingerprint density at radius 2 is 0.875 bits per heavy atom. The highest BCUT2D eigenvalue weighted by Crippen LogP contribution is 2.63. The van der Waals surface area contributed by atoms with Crippen molar-refractivity contribution in [2.45, 2.75) is 5.41 Å². The van der Waals surface area contributed by atoms with Crippen LogP contribution in [0.25, 0.3) is 22.3 Å². The van der Waals surface area contributed by atoms with Gasteiger partial charge in [-0.25, -0.2) is 0 Å². The van der Waals surface area contributed by atoms with Crippen LogP contribution in [0.4, 0.5) is 0 Å². The van der Waals surface area contributed by atoms with Crippen molar-refractivity contribution >= 4 is 39.0 Å². The summed E-state index contributed by atoms with van der Waals surface area (Å²) in [5.74, 6) is 0. The largest absolute Gasteiger partial charge is 0.309 e. The molecule has 0 radical (unpaired) electrons. The SMILES string of the molecule is O=P(c1ccccc1)(c1ccccc1)c1ccc2c(c1)C1(c3ccccc3-c3ccc(Br)cc31)c1ccccc1-2. The molecule has 1 unspecified atom stereocenters. The Balaban J connectivity index is 1.50. The lowest BCUT2D eigenvalue weighted by atomic mass is 9.70. The number of hydrogen-bond acceptors (Lipinski definition) is 1. The van der Waals surface area contributed by atoms with Crippen LogP contribution in [0, 0.1) is 0 Å². The first-order valence-corrected chi connectivity index (χ1v) is 16.0. The fourth-order valence-electron chi connectivity index (χ4n) is 7.02. The first-order valence-electron chi connectivity index (χ1n) is 13.5. The van der Waals surface area contributed by atoms with Gasteiger partial charge in [0, 0.05) is 20.4 Å². The lowest BCUT2D eigenvalue weighted by Gasteiger charge is -2.31. The molecule has 190 valence electrons. The van der Waals surface area contributed by atoms with Crippen molar-refractivity contribution in [2.75, 3.05) is 0 Å². The Labute approximate surface area is 242 Å². The summed E-state index contributed by atoms with van der Waals surface area (Å²) in [5.41, 5.74) is 9.48. The van der Waals surface area contributed by atoms with Gasteiger partial charge in [0.15, 0.2) is 7.14 Å². The molecule has 3 heteroatoms. The Hall–Kier alpha value is -3.97. The Morgan fingerprint density at radius 1 is 0.425 bits per heavy atom. The van der Waals surface area contributed by atoms with Crippen molar-refractivity contribution in [3.63, 3.8) is 0 Å². The van der Waals surface area contributed by atoms with E-state index in [2.05, 4.69) is 101 Å². The maximum Gasteiger partial charge on any atom is 0.171 e. The highest BCUT2D eigenvalue weighted by molar-refractivity contribution is 9.10. The molecule has 0 aliphatic heterocycles. The molecular formula is C37H24BrOP. The third kappa shape index (κ3) is 3.07. The fraction of sp³-hybridized carbons (Fsp3) is 0.0270. The molecule has 0 aromatic heterocycles. The zero-order chi connectivity index (χ0) is 26.9. The molecule has 2 aliphatic carbocycles. The topological polar surface area (TPSA) is 17.1 Å². The van der Waals surface area contributed by atoms with Crippen molar-refractivity contribution in [2.24, 2.45) is 0 Å². The van der Waals surface area contributed by atoms with Gasteiger partial charge in [-0.3, -0.25) is 0 Å². The maximum absolute atomic E-state index is 15.4. The summed E-state index contributed by atoms with van der Waals surface area (Å²) >= 11 is 3.78. The highest BCUT2D eigenvalue weighted by atomic mass is 79.9. The van der Waals surface area contributed by atoms with E-state index in [1.54, 1.807) is 0 Å². The van der Waals surface area contributed by atoms with Gasteiger partial charge in [0.2, 0.25) is 0 Å². The molecule has 40 heavy (non-hydrogen) atoms. The van der Waals surface area contributed by atoms with Crippen molar-refractivity contribution in [1.82, 2.24) is 0 Å². The molecular weight excluding hydrogens is 571 g/mol. The Kier molecular flexibility index (Phi) is 5.23. The summed E-state index contributed by atoms with van der Waals surface area (Å²) < 4.78 is 16.5. The molecule has 8 rings (SSSR count). The van der Waals surface area contributed by atoms with Crippen LogP contribution in [0.5, 0.6) is 0 Å². The molecule has 6 aromatic rings. The van der Waals surface area contributed by atoms with Gasteiger partial charge in [-0.15, -0.1) is 0 Å². The van der Waals surface area contributed by atoms with Gasteiger partial charge in [0.05, 0.1) is 5.41 Å². The lowest BCUT2D eigenvalue weighted by molar-refractivity contribution is 0.592. The lowest BCUT2D eigenvalue weighted by Crippen LogP contribution is -2.29. The van der Waals surface area contributed by atoms with Gasteiger partial charge in [-0.1, -0.05) is 143 Å². The van der Waals surface area contributed by atoms with Crippen molar-refractivity contribution in [1.29, 1.82) is 0 Å². The molecule has 0 heterocycles. The van der Waals surface area contributed by atoms with E-state index in [0.717, 1.165) is 20.4 Å². The zero-order valence-corrected chi connectivity index (χ0v) is 24.1. The first kappa shape index (κ1) is 23.9. The van der Waals surface area contributed by atoms with Crippen LogP contribution >= 0.6 is 23.1 Å². The summed E-state index contributed by atoms with van der Waals surface area (Å²) in [6, 6.07) is 50.7. The standard InChI is InChI=1S/C37H24BrOP/c38-25-19-21-31-29-15-7-9-17-33(29)37(35(31)23-25)34-18-10-8-16-30(34)32-22-20-28(24-36(32)37)40(39,26-11-3-1-4-12-26)27-13-5-2-6-14-27/h1-24H. The Morgan fingerprint density at radius 3 is 1.45 bits per heavy atom. The van der Waals surface area contributed by atoms with Gasteiger partial charge in [0.1, 0.15) is 0 Å². The zero-order valence-electron chi connectivity index (χ0n) is 21.6. The number of hydrogen-bond donors (Lipinski definition) is 0. The highest BCUT2D eigenvalue weighted by Gasteiger charge is 2.52. The van der Waals surface area contributed by atoms with Crippen LogP contribution in [0.1, 0.15) is 22.3 Å². The second-order valence-corrected chi connectivity index (χ2v) is 14.2. The van der Waals surface area contributed by atoms with E-state index in [1.807, 2.05) is 60.7 Å². The van der Waals surface area contributed by atoms with E-state index in [4.69, 9.17) is 0 Å². The third-order valence-electron chi connectivity index (χ3n) is 8.64. The molecule has 1 atom stereocenters. The summed E-state index contributed by atoms with van der Waals surface area (Å²) in [5, 5.41) is 2.55. The summed E-state index contributed by atoms with van der Waals surface area (Å²) in [4.78, 5) is 0. The molecule has 0 amide bonds. The quantitative estimate of drug-likeness (QED) is 0.188. The second kappa shape index (κ2) is 8.77. The number of halogens is 1. The second-order valence-electron chi connectivity index (χ2n) is 10.5. The third-order valence-corrected chi connectivity index (χ3v) is 12.2. The summed E-state index contributed by atoms with van der Waals surface area (Å²) in [6.07, 6.45) is 0. The predicted molar refractivity (Wildman–Crippen MR) is 170 cm³/mol. The van der Waals surface area contributed by atoms with E-state index in [-0.39, 0.29) is 0 Å². The van der Waals surface area contributed by atoms with Crippen LogP contribution in [-0.4, -0.2) is 0 Å². The number of benzene rings is 6. The number of fused-ring (bicyclic) bond motifs is 10. The maximum atomic E-state index is 15.4. The van der Waals surface area contributed by atoms with Crippen molar-refractivity contribution in [3.8, 4) is 22.3 Å². The molecule has 0 bridgehead atoms. The van der Waals surface area contributed by atoms with Gasteiger partial charge in [0.25, 0.3) is 0 Å². The van der Waals surface area contributed by atoms with E-state index >= 15 is 4.57 Å². The van der Waals surface area contributed by atoms with Gasteiger partial charge in [-0.05, 0) is 62.7 Å². The van der Waals surface area contributed by atoms with Gasteiger partial charge in [-0.2, -0.15) is 0 Å². The van der Waals surface area contributed by atoms with Crippen LogP contribution in [0.3, 0.4) is 0 Å². The molecule has 1 spiro atoms. The summed E-state index contributed by atoms with van der Waals surface area (Å²) in [6.45, 7) is 0. The minimum Gasteiger partial charge on any atom is -0.309 e. The van der Waals surface area contributed by atoms with E-state index in [0.29, 0.717) is 0 Å². The Bertz CT molecular complexity index is 1940. The van der Waals surface area contributed by atoms with Crippen LogP contribution in [0.2, 0.25) is 0 Å². The monoisotopic (exact) mass is 594 g/mol. The molecule has 0 N–H and O–H groups in total. The van der Waals surface area contributed by atoms with Gasteiger partial charge < -0.3 is 4.57 Å². The van der Waals surface area contributed by atoms with Crippen molar-refractivity contribution in [3.05, 3.63) is 172 Å². The van der Waals surface area contributed by atoms with E-state index in [9.17, 15) is 0 Å². The molecule has 0 saturated carbocycles. The van der Waals surface area contributed by atoms with E-state index < -0.39 is 12.6 Å². The van der Waals surface area contributed by atoms with Crippen LogP contribution in [0.15, 0.2) is 150 Å². The molecule has 0 fully saturated rings. The minimum atomic E-state index is -3.15. The van der Waals surface area contributed by atoms with Crippen LogP contribution in [-0.2, 0) is 9.98 Å². The molecule has 2 aliphatic rings. The molecule has 0 saturated heterocycles. The first-order chi connectivity index (χ1) is 19.6. The fourth-order valence-corrected chi connectivity index (χ4v) is 10.1. The van der Waals surface area contributed by atoms with Crippen LogP contribution < -0.4 is 15.9 Å². The average Bonchev–Trinajstić information content (AvgIpc) is 3.48. The summed E-state index contributed by atoms with van der Waals surface area (Å²) in [7, 11) is -3.15. The van der Waals surface area contributed by atoms with Crippen molar-refractivity contribution < 1.29 is 4.57 Å². The van der Waals surface area contributed by atoms with E-state index in [1.165, 1.54) is 44.5 Å². The predicted octanol–water partition coefficient (Wildman–Crippen LogP) is 8.43. The average molecular weight is 595 g/mol. The molecule has 1 nitrogen and oxygen atoms in total. The normalized spacial score (nSPS) is 16.3. The smallest absolute Gasteiger partial charge is 0.171 e.